The van der Waals surface area contributed by atoms with Crippen LogP contribution in [0.2, 0.25) is 0 Å². The van der Waals surface area contributed by atoms with Gasteiger partial charge in [0.05, 0.1) is 22.0 Å². The summed E-state index contributed by atoms with van der Waals surface area (Å²) in [5.41, 5.74) is 1.74. The van der Waals surface area contributed by atoms with E-state index in [1.54, 1.807) is 11.8 Å². The molecule has 1 amide bonds. The maximum absolute atomic E-state index is 14.5. The summed E-state index contributed by atoms with van der Waals surface area (Å²) in [7, 11) is -0.198. The first-order chi connectivity index (χ1) is 23.0. The zero-order valence-corrected chi connectivity index (χ0v) is 29.2. The van der Waals surface area contributed by atoms with Gasteiger partial charge in [0.15, 0.2) is 0 Å². The fraction of sp³-hybridized carbons (Fsp3) is 0.528. The number of ether oxygens (including phenoxy) is 1. The number of fused-ring (bicyclic) bond motifs is 4. The van der Waals surface area contributed by atoms with E-state index < -0.39 is 33.6 Å². The number of alkyl halides is 3. The van der Waals surface area contributed by atoms with Crippen molar-refractivity contribution >= 4 is 21.9 Å². The number of hydrogen-bond acceptors (Lipinski definition) is 7. The molecule has 3 fully saturated rings. The first kappa shape index (κ1) is 33.8. The Hall–Kier alpha value is -3.71. The molecule has 4 aliphatic rings. The highest BCUT2D eigenvalue weighted by Gasteiger charge is 2.65. The Morgan fingerprint density at radius 1 is 1.00 bits per heavy atom. The van der Waals surface area contributed by atoms with Gasteiger partial charge in [-0.05, 0) is 115 Å². The van der Waals surface area contributed by atoms with Gasteiger partial charge < -0.3 is 14.5 Å². The lowest BCUT2D eigenvalue weighted by Gasteiger charge is -2.62. The van der Waals surface area contributed by atoms with Crippen molar-refractivity contribution in [1.82, 2.24) is 19.8 Å². The fourth-order valence-corrected chi connectivity index (χ4v) is 9.25. The summed E-state index contributed by atoms with van der Waals surface area (Å²) >= 11 is 0. The Labute approximate surface area is 285 Å². The first-order valence-corrected chi connectivity index (χ1v) is 18.3. The minimum atomic E-state index is -4.44. The summed E-state index contributed by atoms with van der Waals surface area (Å²) in [4.78, 5) is 27.2. The molecule has 0 saturated heterocycles. The van der Waals surface area contributed by atoms with Crippen LogP contribution in [0.15, 0.2) is 47.4 Å². The molecule has 0 radical (unpaired) electrons. The summed E-state index contributed by atoms with van der Waals surface area (Å²) in [6.45, 7) is 5.34. The highest BCUT2D eigenvalue weighted by atomic mass is 32.2. The van der Waals surface area contributed by atoms with E-state index in [-0.39, 0.29) is 59.6 Å². The number of aromatic nitrogens is 2. The van der Waals surface area contributed by atoms with Crippen molar-refractivity contribution in [2.24, 2.45) is 10.8 Å². The van der Waals surface area contributed by atoms with E-state index in [0.717, 1.165) is 29.5 Å². The van der Waals surface area contributed by atoms with Crippen molar-refractivity contribution < 1.29 is 31.1 Å². The molecule has 2 heterocycles. The number of carbonyl (C=O) groups excluding carboxylic acids is 1. The molecule has 9 nitrogen and oxygen atoms in total. The van der Waals surface area contributed by atoms with Gasteiger partial charge in [-0.15, -0.1) is 0 Å². The fourth-order valence-electron chi connectivity index (χ4n) is 8.26. The zero-order valence-electron chi connectivity index (χ0n) is 28.4. The molecule has 0 unspecified atom stereocenters. The number of carbonyl (C=O) groups is 1. The average molecular weight is 698 g/mol. The van der Waals surface area contributed by atoms with E-state index in [0.29, 0.717) is 30.1 Å². The molecular formula is C36H42F3N5O4S. The van der Waals surface area contributed by atoms with Gasteiger partial charge in [0.25, 0.3) is 15.9 Å². The molecule has 3 aromatic rings. The van der Waals surface area contributed by atoms with Crippen molar-refractivity contribution in [3.8, 4) is 17.1 Å². The number of sulfonamides is 1. The maximum atomic E-state index is 14.5. The summed E-state index contributed by atoms with van der Waals surface area (Å²) in [6, 6.07) is 10.6. The Kier molecular flexibility index (Phi) is 8.05. The van der Waals surface area contributed by atoms with Crippen molar-refractivity contribution in [2.45, 2.75) is 94.9 Å². The van der Waals surface area contributed by atoms with Gasteiger partial charge in [-0.25, -0.2) is 18.1 Å². The minimum Gasteiger partial charge on any atom is -0.475 e. The van der Waals surface area contributed by atoms with Gasteiger partial charge in [-0.1, -0.05) is 24.3 Å². The molecule has 49 heavy (non-hydrogen) atoms. The molecule has 1 N–H and O–H groups in total. The number of aryl methyl sites for hydroxylation is 2. The van der Waals surface area contributed by atoms with Crippen LogP contribution in [0, 0.1) is 31.6 Å². The van der Waals surface area contributed by atoms with Crippen LogP contribution >= 0.6 is 0 Å². The maximum Gasteiger partial charge on any atom is 0.394 e. The summed E-state index contributed by atoms with van der Waals surface area (Å²) in [5.74, 6) is -0.696. The second kappa shape index (κ2) is 11.7. The SMILES string of the molecule is Cc1cccc(C)c1-c1nc2nc(c1C)OC[C@@H](CC1(C(F)(F)F)CC1)N([C@H]1CC3(C[C@H](N(C)C)C3)C1)C(=O)c1cccc(c1)S(=O)(=O)N2. The molecule has 1 aromatic heterocycles. The molecular weight excluding hydrogens is 655 g/mol. The molecule has 3 saturated carbocycles. The van der Waals surface area contributed by atoms with Gasteiger partial charge in [-0.3, -0.25) is 4.79 Å². The van der Waals surface area contributed by atoms with Crippen molar-refractivity contribution in [1.29, 1.82) is 0 Å². The van der Waals surface area contributed by atoms with Crippen molar-refractivity contribution in [3.63, 3.8) is 0 Å². The third-order valence-electron chi connectivity index (χ3n) is 11.4. The molecule has 1 aliphatic heterocycles. The van der Waals surface area contributed by atoms with Crippen molar-refractivity contribution in [3.05, 3.63) is 64.7 Å². The smallest absolute Gasteiger partial charge is 0.394 e. The molecule has 2 aromatic carbocycles. The third-order valence-corrected chi connectivity index (χ3v) is 12.7. The summed E-state index contributed by atoms with van der Waals surface area (Å²) < 4.78 is 79.9. The van der Waals surface area contributed by atoms with Crippen LogP contribution in [0.4, 0.5) is 19.1 Å². The first-order valence-electron chi connectivity index (χ1n) is 16.8. The lowest BCUT2D eigenvalue weighted by atomic mass is 9.51. The standard InChI is InChI=1S/C36H42F3N5O4S/c1-21-8-6-9-22(2)29(21)30-23(3)31-41-33(40-30)42-49(46,47)28-11-7-10-24(14-28)32(45)44(26-17-34(18-26)15-25(16-34)43(4)5)27(20-48-31)19-35(12-13-35)36(37,38)39/h6-11,14,25-27H,12-13,15-20H2,1-5H3,(H,40,41,42)/t25-,26-,27-,34?/m1/s1. The molecule has 7 rings (SSSR count). The number of anilines is 1. The number of amides is 1. The van der Waals surface area contributed by atoms with Crippen LogP contribution in [0.25, 0.3) is 11.3 Å². The lowest BCUT2D eigenvalue weighted by Crippen LogP contribution is -2.63. The van der Waals surface area contributed by atoms with Crippen LogP contribution in [0.3, 0.4) is 0 Å². The number of halogens is 3. The second-order valence-corrected chi connectivity index (χ2v) is 16.7. The lowest BCUT2D eigenvalue weighted by molar-refractivity contribution is -0.194. The Morgan fingerprint density at radius 2 is 1.65 bits per heavy atom. The second-order valence-electron chi connectivity index (χ2n) is 15.0. The minimum absolute atomic E-state index is 0.0147. The number of nitrogens with one attached hydrogen (secondary N) is 1. The zero-order chi connectivity index (χ0) is 35.1. The molecule has 1 atom stereocenters. The largest absolute Gasteiger partial charge is 0.475 e. The number of benzene rings is 2. The quantitative estimate of drug-likeness (QED) is 0.317. The highest BCUT2D eigenvalue weighted by Crippen LogP contribution is 2.62. The molecule has 1 spiro atoms. The molecule has 4 bridgehead atoms. The van der Waals surface area contributed by atoms with E-state index in [9.17, 15) is 26.4 Å². The van der Waals surface area contributed by atoms with Crippen LogP contribution in [-0.4, -0.2) is 79.1 Å². The van der Waals surface area contributed by atoms with E-state index in [1.807, 2.05) is 46.1 Å². The average Bonchev–Trinajstić information content (AvgIpc) is 3.78. The summed E-state index contributed by atoms with van der Waals surface area (Å²) in [6.07, 6.45) is -1.51. The van der Waals surface area contributed by atoms with E-state index in [4.69, 9.17) is 4.74 Å². The van der Waals surface area contributed by atoms with Crippen molar-refractivity contribution in [2.75, 3.05) is 25.4 Å². The third kappa shape index (κ3) is 5.96. The van der Waals surface area contributed by atoms with Crippen LogP contribution in [0.5, 0.6) is 5.88 Å². The van der Waals surface area contributed by atoms with Gasteiger partial charge >= 0.3 is 6.18 Å². The van der Waals surface area contributed by atoms with E-state index >= 15 is 0 Å². The predicted molar refractivity (Wildman–Crippen MR) is 179 cm³/mol. The number of nitrogens with zero attached hydrogens (tertiary/aromatic N) is 4. The molecule has 262 valence electrons. The summed E-state index contributed by atoms with van der Waals surface area (Å²) in [5, 5.41) is 0. The topological polar surface area (TPSA) is 105 Å². The normalized spacial score (nSPS) is 27.2. The van der Waals surface area contributed by atoms with Crippen LogP contribution in [0.1, 0.15) is 72.0 Å². The number of rotatable bonds is 5. The van der Waals surface area contributed by atoms with E-state index in [2.05, 4.69) is 19.6 Å². The van der Waals surface area contributed by atoms with Crippen LogP contribution < -0.4 is 9.46 Å². The van der Waals surface area contributed by atoms with Crippen LogP contribution in [-0.2, 0) is 10.0 Å². The predicted octanol–water partition coefficient (Wildman–Crippen LogP) is 6.68. The Morgan fingerprint density at radius 3 is 2.27 bits per heavy atom. The van der Waals surface area contributed by atoms with E-state index in [1.165, 1.54) is 24.3 Å². The Bertz CT molecular complexity index is 1890. The molecule has 3 aliphatic carbocycles. The van der Waals surface area contributed by atoms with Gasteiger partial charge in [0.1, 0.15) is 6.61 Å². The highest BCUT2D eigenvalue weighted by molar-refractivity contribution is 7.92. The van der Waals surface area contributed by atoms with Gasteiger partial charge in [0, 0.05) is 28.8 Å². The molecule has 13 heteroatoms. The van der Waals surface area contributed by atoms with Gasteiger partial charge in [-0.2, -0.15) is 18.2 Å². The Balaban J connectivity index is 1.35. The van der Waals surface area contributed by atoms with Gasteiger partial charge in [0.2, 0.25) is 11.8 Å². The number of hydrogen-bond donors (Lipinski definition) is 1. The monoisotopic (exact) mass is 697 g/mol.